The summed E-state index contributed by atoms with van der Waals surface area (Å²) < 4.78 is 8.09. The van der Waals surface area contributed by atoms with Gasteiger partial charge in [-0.3, -0.25) is 13.9 Å². The summed E-state index contributed by atoms with van der Waals surface area (Å²) in [6.07, 6.45) is 4.32. The van der Waals surface area contributed by atoms with Crippen molar-refractivity contribution in [3.63, 3.8) is 0 Å². The molecule has 0 atom stereocenters. The summed E-state index contributed by atoms with van der Waals surface area (Å²) in [4.78, 5) is 28.2. The van der Waals surface area contributed by atoms with Gasteiger partial charge in [-0.05, 0) is 50.6 Å². The van der Waals surface area contributed by atoms with E-state index in [1.165, 1.54) is 23.8 Å². The number of fused-ring (bicyclic) bond motifs is 1. The normalized spacial score (nSPS) is 15.6. The second-order valence-electron chi connectivity index (χ2n) is 6.92. The molecule has 7 heteroatoms. The van der Waals surface area contributed by atoms with Crippen LogP contribution in [0.2, 0.25) is 0 Å². The molecule has 0 saturated carbocycles. The van der Waals surface area contributed by atoms with Crippen molar-refractivity contribution in [2.24, 2.45) is 0 Å². The van der Waals surface area contributed by atoms with Crippen LogP contribution in [0.4, 0.5) is 5.69 Å². The number of methoxy groups -OCH3 is 1. The molecule has 1 saturated heterocycles. The van der Waals surface area contributed by atoms with Gasteiger partial charge in [0.1, 0.15) is 0 Å². The van der Waals surface area contributed by atoms with Crippen molar-refractivity contribution in [2.75, 3.05) is 39.1 Å². The van der Waals surface area contributed by atoms with Crippen LogP contribution in [0.3, 0.4) is 0 Å². The number of anilines is 1. The van der Waals surface area contributed by atoms with Gasteiger partial charge in [0.2, 0.25) is 0 Å². The lowest BCUT2D eigenvalue weighted by atomic mass is 10.1. The lowest BCUT2D eigenvalue weighted by Gasteiger charge is -2.27. The van der Waals surface area contributed by atoms with Gasteiger partial charge in [0.05, 0.1) is 10.9 Å². The first-order valence-electron chi connectivity index (χ1n) is 9.36. The smallest absolute Gasteiger partial charge is 0.331 e. The van der Waals surface area contributed by atoms with E-state index in [-0.39, 0.29) is 11.2 Å². The molecule has 1 fully saturated rings. The summed E-state index contributed by atoms with van der Waals surface area (Å²) in [7, 11) is 1.61. The molecule has 0 bridgehead atoms. The number of rotatable bonds is 7. The zero-order valence-corrected chi connectivity index (χ0v) is 15.4. The highest BCUT2D eigenvalue weighted by Crippen LogP contribution is 2.14. The van der Waals surface area contributed by atoms with Crippen molar-refractivity contribution in [1.29, 1.82) is 0 Å². The first-order valence-corrected chi connectivity index (χ1v) is 9.36. The van der Waals surface area contributed by atoms with Crippen LogP contribution < -0.4 is 17.0 Å². The second kappa shape index (κ2) is 8.51. The molecule has 2 heterocycles. The fourth-order valence-electron chi connectivity index (χ4n) is 3.65. The van der Waals surface area contributed by atoms with E-state index < -0.39 is 0 Å². The lowest BCUT2D eigenvalue weighted by molar-refractivity contribution is 0.189. The number of hydrogen-bond acceptors (Lipinski definition) is 5. The van der Waals surface area contributed by atoms with Gasteiger partial charge in [-0.1, -0.05) is 6.42 Å². The standard InChI is InChI=1S/C19H28N4O3/c1-26-13-5-10-23-18(24)16-14-15(20)6-7-17(16)22(19(23)25)12-11-21-8-3-2-4-9-21/h6-7,14H,2-5,8-13,20H2,1H3. The van der Waals surface area contributed by atoms with Gasteiger partial charge in [-0.15, -0.1) is 0 Å². The van der Waals surface area contributed by atoms with E-state index in [0.717, 1.165) is 19.6 Å². The minimum absolute atomic E-state index is 0.250. The van der Waals surface area contributed by atoms with E-state index in [9.17, 15) is 9.59 Å². The Bertz CT molecular complexity index is 865. The number of likely N-dealkylation sites (tertiary alicyclic amines) is 1. The summed E-state index contributed by atoms with van der Waals surface area (Å²) in [6, 6.07) is 5.19. The van der Waals surface area contributed by atoms with Crippen molar-refractivity contribution in [2.45, 2.75) is 38.8 Å². The Morgan fingerprint density at radius 1 is 1.04 bits per heavy atom. The Labute approximate surface area is 153 Å². The average Bonchev–Trinajstić information content (AvgIpc) is 2.65. The molecular formula is C19H28N4O3. The Morgan fingerprint density at radius 2 is 1.81 bits per heavy atom. The third-order valence-corrected chi connectivity index (χ3v) is 5.07. The van der Waals surface area contributed by atoms with Crippen molar-refractivity contribution < 1.29 is 4.74 Å². The molecule has 0 unspecified atom stereocenters. The number of hydrogen-bond donors (Lipinski definition) is 1. The topological polar surface area (TPSA) is 82.5 Å². The Kier molecular flexibility index (Phi) is 6.11. The van der Waals surface area contributed by atoms with Crippen molar-refractivity contribution in [3.8, 4) is 0 Å². The van der Waals surface area contributed by atoms with Gasteiger partial charge < -0.3 is 15.4 Å². The van der Waals surface area contributed by atoms with Crippen LogP contribution in [0, 0.1) is 0 Å². The fourth-order valence-corrected chi connectivity index (χ4v) is 3.65. The maximum Gasteiger partial charge on any atom is 0.331 e. The maximum atomic E-state index is 13.0. The highest BCUT2D eigenvalue weighted by molar-refractivity contribution is 5.81. The number of benzene rings is 1. The fraction of sp³-hybridized carbons (Fsp3) is 0.579. The Balaban J connectivity index is 1.98. The molecule has 1 aromatic heterocycles. The third kappa shape index (κ3) is 3.99. The molecule has 3 rings (SSSR count). The largest absolute Gasteiger partial charge is 0.399 e. The minimum Gasteiger partial charge on any atom is -0.399 e. The van der Waals surface area contributed by atoms with Crippen LogP contribution in [-0.4, -0.2) is 47.4 Å². The molecule has 26 heavy (non-hydrogen) atoms. The van der Waals surface area contributed by atoms with Gasteiger partial charge in [0.15, 0.2) is 0 Å². The molecule has 1 aromatic carbocycles. The van der Waals surface area contributed by atoms with E-state index in [0.29, 0.717) is 42.7 Å². The van der Waals surface area contributed by atoms with Gasteiger partial charge in [0, 0.05) is 39.0 Å². The third-order valence-electron chi connectivity index (χ3n) is 5.07. The minimum atomic E-state index is -0.275. The average molecular weight is 360 g/mol. The molecule has 2 aromatic rings. The molecule has 142 valence electrons. The molecule has 1 aliphatic rings. The van der Waals surface area contributed by atoms with E-state index in [2.05, 4.69) is 4.90 Å². The van der Waals surface area contributed by atoms with Crippen LogP contribution in [-0.2, 0) is 17.8 Å². The van der Waals surface area contributed by atoms with E-state index in [1.54, 1.807) is 29.9 Å². The SMILES string of the molecule is COCCCn1c(=O)c2cc(N)ccc2n(CCN2CCCCC2)c1=O. The Hall–Kier alpha value is -2.12. The summed E-state index contributed by atoms with van der Waals surface area (Å²) in [6.45, 7) is 4.40. The number of ether oxygens (including phenoxy) is 1. The van der Waals surface area contributed by atoms with Crippen molar-refractivity contribution >= 4 is 16.6 Å². The van der Waals surface area contributed by atoms with Gasteiger partial charge >= 0.3 is 5.69 Å². The summed E-state index contributed by atoms with van der Waals surface area (Å²) in [5, 5.41) is 0.501. The zero-order valence-electron chi connectivity index (χ0n) is 15.4. The monoisotopic (exact) mass is 360 g/mol. The summed E-state index contributed by atoms with van der Waals surface area (Å²) in [5.74, 6) is 0. The predicted octanol–water partition coefficient (Wildman–Crippen LogP) is 1.27. The van der Waals surface area contributed by atoms with Crippen LogP contribution >= 0.6 is 0 Å². The van der Waals surface area contributed by atoms with E-state index in [1.807, 2.05) is 0 Å². The molecular weight excluding hydrogens is 332 g/mol. The van der Waals surface area contributed by atoms with Crippen LogP contribution in [0.15, 0.2) is 27.8 Å². The molecule has 7 nitrogen and oxygen atoms in total. The second-order valence-corrected chi connectivity index (χ2v) is 6.92. The zero-order chi connectivity index (χ0) is 18.5. The van der Waals surface area contributed by atoms with Crippen LogP contribution in [0.25, 0.3) is 10.9 Å². The van der Waals surface area contributed by atoms with Gasteiger partial charge in [0.25, 0.3) is 5.56 Å². The summed E-state index contributed by atoms with van der Waals surface area (Å²) >= 11 is 0. The van der Waals surface area contributed by atoms with Crippen molar-refractivity contribution in [3.05, 3.63) is 39.0 Å². The Morgan fingerprint density at radius 3 is 2.54 bits per heavy atom. The first kappa shape index (κ1) is 18.7. The van der Waals surface area contributed by atoms with E-state index in [4.69, 9.17) is 10.5 Å². The lowest BCUT2D eigenvalue weighted by Crippen LogP contribution is -2.42. The van der Waals surface area contributed by atoms with E-state index >= 15 is 0 Å². The number of piperidine rings is 1. The summed E-state index contributed by atoms with van der Waals surface area (Å²) in [5.41, 5.74) is 6.54. The number of aromatic nitrogens is 2. The number of nitrogens with zero attached hydrogens (tertiary/aromatic N) is 3. The number of nitrogen functional groups attached to an aromatic ring is 1. The molecule has 0 amide bonds. The predicted molar refractivity (Wildman–Crippen MR) is 104 cm³/mol. The molecule has 2 N–H and O–H groups in total. The molecule has 0 spiro atoms. The maximum absolute atomic E-state index is 13.0. The number of nitrogens with two attached hydrogens (primary N) is 1. The quantitative estimate of drug-likeness (QED) is 0.594. The molecule has 0 aliphatic carbocycles. The van der Waals surface area contributed by atoms with Crippen molar-refractivity contribution in [1.82, 2.24) is 14.0 Å². The molecule has 0 radical (unpaired) electrons. The van der Waals surface area contributed by atoms with Crippen LogP contribution in [0.5, 0.6) is 0 Å². The van der Waals surface area contributed by atoms with Gasteiger partial charge in [-0.2, -0.15) is 0 Å². The highest BCUT2D eigenvalue weighted by Gasteiger charge is 2.15. The first-order chi connectivity index (χ1) is 12.6. The van der Waals surface area contributed by atoms with Crippen LogP contribution in [0.1, 0.15) is 25.7 Å². The van der Waals surface area contributed by atoms with Gasteiger partial charge in [-0.25, -0.2) is 4.79 Å². The molecule has 1 aliphatic heterocycles. The highest BCUT2D eigenvalue weighted by atomic mass is 16.5.